The first-order valence-electron chi connectivity index (χ1n) is 6.37. The van der Waals surface area contributed by atoms with Crippen LogP contribution in [0.25, 0.3) is 0 Å². The topological polar surface area (TPSA) is 21.3 Å². The molecule has 0 saturated heterocycles. The lowest BCUT2D eigenvalue weighted by Gasteiger charge is -2.34. The van der Waals surface area contributed by atoms with Crippen LogP contribution in [0.5, 0.6) is 0 Å². The highest BCUT2D eigenvalue weighted by atomic mass is 16.5. The predicted octanol–water partition coefficient (Wildman–Crippen LogP) is 3.22. The van der Waals surface area contributed by atoms with Crippen molar-refractivity contribution in [3.05, 3.63) is 0 Å². The standard InChI is InChI=1S/C13H29NO/c1-6-9-14-11-13(7-2,8-3)10-12(4)15-5/h12,14H,6-11H2,1-5H3. The van der Waals surface area contributed by atoms with Gasteiger partial charge in [0.2, 0.25) is 0 Å². The lowest BCUT2D eigenvalue weighted by Crippen LogP contribution is -2.36. The molecule has 0 bridgehead atoms. The molecule has 1 atom stereocenters. The van der Waals surface area contributed by atoms with Gasteiger partial charge in [-0.05, 0) is 44.6 Å². The fraction of sp³-hybridized carbons (Fsp3) is 1.00. The Bertz CT molecular complexity index is 143. The van der Waals surface area contributed by atoms with E-state index in [-0.39, 0.29) is 0 Å². The molecule has 0 saturated carbocycles. The molecule has 1 N–H and O–H groups in total. The molecule has 0 aromatic heterocycles. The van der Waals surface area contributed by atoms with Crippen LogP contribution in [0.3, 0.4) is 0 Å². The Labute approximate surface area is 95.8 Å². The molecule has 0 heterocycles. The van der Waals surface area contributed by atoms with Gasteiger partial charge in [0, 0.05) is 13.7 Å². The lowest BCUT2D eigenvalue weighted by atomic mass is 9.77. The van der Waals surface area contributed by atoms with Crippen molar-refractivity contribution in [2.24, 2.45) is 5.41 Å². The minimum atomic E-state index is 0.369. The zero-order chi connectivity index (χ0) is 11.7. The molecule has 0 aliphatic heterocycles. The second-order valence-corrected chi connectivity index (χ2v) is 4.63. The van der Waals surface area contributed by atoms with E-state index in [4.69, 9.17) is 4.74 Å². The summed E-state index contributed by atoms with van der Waals surface area (Å²) in [6.07, 6.45) is 5.20. The molecule has 15 heavy (non-hydrogen) atoms. The molecule has 0 radical (unpaired) electrons. The van der Waals surface area contributed by atoms with Gasteiger partial charge in [0.25, 0.3) is 0 Å². The average molecular weight is 215 g/mol. The van der Waals surface area contributed by atoms with Crippen molar-refractivity contribution < 1.29 is 4.74 Å². The second kappa shape index (κ2) is 8.12. The number of rotatable bonds is 9. The van der Waals surface area contributed by atoms with Crippen LogP contribution >= 0.6 is 0 Å². The Balaban J connectivity index is 4.16. The smallest absolute Gasteiger partial charge is 0.0549 e. The van der Waals surface area contributed by atoms with Crippen molar-refractivity contribution in [2.45, 2.75) is 59.5 Å². The van der Waals surface area contributed by atoms with E-state index in [1.165, 1.54) is 19.3 Å². The maximum atomic E-state index is 5.39. The number of hydrogen-bond acceptors (Lipinski definition) is 2. The summed E-state index contributed by atoms with van der Waals surface area (Å²) in [5.74, 6) is 0. The van der Waals surface area contributed by atoms with Crippen molar-refractivity contribution in [3.8, 4) is 0 Å². The first-order chi connectivity index (χ1) is 7.14. The third-order valence-corrected chi connectivity index (χ3v) is 3.55. The van der Waals surface area contributed by atoms with Gasteiger partial charge in [-0.2, -0.15) is 0 Å². The summed E-state index contributed by atoms with van der Waals surface area (Å²) in [6.45, 7) is 11.2. The van der Waals surface area contributed by atoms with Gasteiger partial charge in [0.05, 0.1) is 6.10 Å². The van der Waals surface area contributed by atoms with Crippen LogP contribution < -0.4 is 5.32 Å². The Morgan fingerprint density at radius 3 is 2.20 bits per heavy atom. The van der Waals surface area contributed by atoms with Gasteiger partial charge in [-0.1, -0.05) is 20.8 Å². The van der Waals surface area contributed by atoms with E-state index in [9.17, 15) is 0 Å². The van der Waals surface area contributed by atoms with E-state index in [0.29, 0.717) is 11.5 Å². The molecule has 2 heteroatoms. The van der Waals surface area contributed by atoms with Crippen molar-refractivity contribution in [2.75, 3.05) is 20.2 Å². The van der Waals surface area contributed by atoms with E-state index in [1.54, 1.807) is 7.11 Å². The number of ether oxygens (including phenoxy) is 1. The fourth-order valence-corrected chi connectivity index (χ4v) is 2.08. The summed E-state index contributed by atoms with van der Waals surface area (Å²) in [4.78, 5) is 0. The largest absolute Gasteiger partial charge is 0.382 e. The van der Waals surface area contributed by atoms with Crippen LogP contribution in [-0.2, 0) is 4.74 Å². The van der Waals surface area contributed by atoms with Crippen molar-refractivity contribution in [3.63, 3.8) is 0 Å². The molecule has 0 rings (SSSR count). The Morgan fingerprint density at radius 2 is 1.80 bits per heavy atom. The van der Waals surface area contributed by atoms with Crippen LogP contribution in [-0.4, -0.2) is 26.3 Å². The van der Waals surface area contributed by atoms with Gasteiger partial charge in [0.15, 0.2) is 0 Å². The van der Waals surface area contributed by atoms with E-state index in [0.717, 1.165) is 19.5 Å². The summed E-state index contributed by atoms with van der Waals surface area (Å²) in [6, 6.07) is 0. The molecule has 0 aromatic carbocycles. The highest BCUT2D eigenvalue weighted by Crippen LogP contribution is 2.31. The normalized spacial score (nSPS) is 14.2. The lowest BCUT2D eigenvalue weighted by molar-refractivity contribution is 0.0591. The van der Waals surface area contributed by atoms with Crippen LogP contribution in [0.1, 0.15) is 53.4 Å². The minimum absolute atomic E-state index is 0.369. The van der Waals surface area contributed by atoms with Gasteiger partial charge in [-0.25, -0.2) is 0 Å². The minimum Gasteiger partial charge on any atom is -0.382 e. The number of hydrogen-bond donors (Lipinski definition) is 1. The Hall–Kier alpha value is -0.0800. The summed E-state index contributed by atoms with van der Waals surface area (Å²) in [7, 11) is 1.81. The van der Waals surface area contributed by atoms with E-state index in [2.05, 4.69) is 33.0 Å². The third-order valence-electron chi connectivity index (χ3n) is 3.55. The summed E-state index contributed by atoms with van der Waals surface area (Å²) >= 11 is 0. The van der Waals surface area contributed by atoms with Crippen LogP contribution in [0.15, 0.2) is 0 Å². The van der Waals surface area contributed by atoms with Crippen molar-refractivity contribution >= 4 is 0 Å². The highest BCUT2D eigenvalue weighted by molar-refractivity contribution is 4.81. The molecule has 92 valence electrons. The molecular weight excluding hydrogens is 186 g/mol. The summed E-state index contributed by atoms with van der Waals surface area (Å²) < 4.78 is 5.39. The van der Waals surface area contributed by atoms with Gasteiger partial charge in [-0.15, -0.1) is 0 Å². The third kappa shape index (κ3) is 5.53. The molecular formula is C13H29NO. The SMILES string of the molecule is CCCNCC(CC)(CC)CC(C)OC. The van der Waals surface area contributed by atoms with Gasteiger partial charge in [-0.3, -0.25) is 0 Å². The predicted molar refractivity (Wildman–Crippen MR) is 67.3 cm³/mol. The summed E-state index contributed by atoms with van der Waals surface area (Å²) in [5.41, 5.74) is 0.421. The van der Waals surface area contributed by atoms with E-state index >= 15 is 0 Å². The summed E-state index contributed by atoms with van der Waals surface area (Å²) in [5, 5.41) is 3.55. The van der Waals surface area contributed by atoms with Crippen LogP contribution in [0, 0.1) is 5.41 Å². The number of nitrogens with one attached hydrogen (secondary N) is 1. The van der Waals surface area contributed by atoms with Crippen molar-refractivity contribution in [1.82, 2.24) is 5.32 Å². The Kier molecular flexibility index (Phi) is 8.07. The second-order valence-electron chi connectivity index (χ2n) is 4.63. The molecule has 0 aliphatic rings. The maximum Gasteiger partial charge on any atom is 0.0549 e. The van der Waals surface area contributed by atoms with Crippen LogP contribution in [0.2, 0.25) is 0 Å². The highest BCUT2D eigenvalue weighted by Gasteiger charge is 2.27. The monoisotopic (exact) mass is 215 g/mol. The first-order valence-corrected chi connectivity index (χ1v) is 6.37. The van der Waals surface area contributed by atoms with E-state index < -0.39 is 0 Å². The Morgan fingerprint density at radius 1 is 1.20 bits per heavy atom. The first kappa shape index (κ1) is 14.9. The number of methoxy groups -OCH3 is 1. The fourth-order valence-electron chi connectivity index (χ4n) is 2.08. The van der Waals surface area contributed by atoms with E-state index in [1.807, 2.05) is 0 Å². The van der Waals surface area contributed by atoms with Gasteiger partial charge in [0.1, 0.15) is 0 Å². The molecule has 0 aliphatic carbocycles. The molecule has 2 nitrogen and oxygen atoms in total. The zero-order valence-electron chi connectivity index (χ0n) is 11.2. The quantitative estimate of drug-likeness (QED) is 0.596. The molecule has 0 aromatic rings. The molecule has 0 fully saturated rings. The van der Waals surface area contributed by atoms with Gasteiger partial charge >= 0.3 is 0 Å². The van der Waals surface area contributed by atoms with Gasteiger partial charge < -0.3 is 10.1 Å². The van der Waals surface area contributed by atoms with Crippen LogP contribution in [0.4, 0.5) is 0 Å². The molecule has 0 spiro atoms. The maximum absolute atomic E-state index is 5.39. The molecule has 0 amide bonds. The van der Waals surface area contributed by atoms with Crippen molar-refractivity contribution in [1.29, 1.82) is 0 Å². The zero-order valence-corrected chi connectivity index (χ0v) is 11.2. The molecule has 1 unspecified atom stereocenters. The average Bonchev–Trinajstić information content (AvgIpc) is 2.27.